The van der Waals surface area contributed by atoms with Gasteiger partial charge < -0.3 is 87.1 Å². The lowest BCUT2D eigenvalue weighted by Gasteiger charge is -2.35. The molecule has 24 heteroatoms. The topological polar surface area (TPSA) is 273 Å². The minimum absolute atomic E-state index is 0.139. The summed E-state index contributed by atoms with van der Waals surface area (Å²) in [5.74, 6) is -3.05. The van der Waals surface area contributed by atoms with Crippen molar-refractivity contribution in [1.29, 1.82) is 0 Å². The number of esters is 4. The molecule has 0 spiro atoms. The van der Waals surface area contributed by atoms with Crippen LogP contribution >= 0.6 is 0 Å². The van der Waals surface area contributed by atoms with Crippen LogP contribution in [0, 0.1) is 0 Å². The lowest BCUT2D eigenvalue weighted by atomic mass is 10.2. The number of carbonyl (C=O) groups excluding carboxylic acids is 4. The third-order valence-electron chi connectivity index (χ3n) is 15.9. The molecule has 24 nitrogen and oxygen atoms in total. The van der Waals surface area contributed by atoms with Gasteiger partial charge in [-0.3, -0.25) is 9.80 Å². The van der Waals surface area contributed by atoms with E-state index < -0.39 is 48.3 Å². The molecule has 0 amide bonds. The van der Waals surface area contributed by atoms with E-state index in [2.05, 4.69) is 86.1 Å². The van der Waals surface area contributed by atoms with Gasteiger partial charge in [-0.05, 0) is 167 Å². The number of hydrogen-bond donors (Lipinski definition) is 4. The zero-order valence-corrected chi connectivity index (χ0v) is 61.2. The first kappa shape index (κ1) is 92.2. The first-order valence-corrected chi connectivity index (χ1v) is 37.4. The van der Waals surface area contributed by atoms with Gasteiger partial charge >= 0.3 is 23.9 Å². The lowest BCUT2D eigenvalue weighted by molar-refractivity contribution is -0.158. The van der Waals surface area contributed by atoms with Gasteiger partial charge in [0, 0.05) is 78.8 Å². The van der Waals surface area contributed by atoms with Gasteiger partial charge in [0.25, 0.3) is 0 Å². The highest BCUT2D eigenvalue weighted by Crippen LogP contribution is 2.12. The van der Waals surface area contributed by atoms with E-state index >= 15 is 0 Å². The van der Waals surface area contributed by atoms with Crippen molar-refractivity contribution < 1.29 is 96.4 Å². The van der Waals surface area contributed by atoms with Crippen molar-refractivity contribution in [2.45, 2.75) is 219 Å². The van der Waals surface area contributed by atoms with E-state index in [4.69, 9.17) is 56.8 Å². The quantitative estimate of drug-likeness (QED) is 0.0145. The van der Waals surface area contributed by atoms with Crippen molar-refractivity contribution in [3.63, 3.8) is 0 Å². The van der Waals surface area contributed by atoms with Crippen LogP contribution in [0.1, 0.15) is 195 Å². The number of rotatable bonds is 72. The highest BCUT2D eigenvalue weighted by Gasteiger charge is 2.28. The summed E-state index contributed by atoms with van der Waals surface area (Å²) in [5.41, 5.74) is 0. The van der Waals surface area contributed by atoms with Gasteiger partial charge in [-0.1, -0.05) is 102 Å². The standard InChI is InChI=1S/C74H136N4O20/c1-5-9-13-25-47-87-63-91-51-29-17-21-33-55-95-71(83)67(79)59-77(60-68(80)72(84)96-56-34-22-18-30-52-92-64-88-48-26-14-10-6-2)41-37-39-75-43-45-76(46-44-75)40-38-42-78(61-69(81)73(85)97-57-35-23-19-31-53-93-65-89-49-27-15-11-7-3)62-70(82)74(86)98-58-36-24-20-32-54-94-66-90-50-28-16-12-8-4/h9-16,67-70,79-82H,5-8,17-66H2,1-4H3/b13-9-,14-10-,15-11-,16-12-. The average Bonchev–Trinajstić information content (AvgIpc) is 1.05. The van der Waals surface area contributed by atoms with Gasteiger partial charge in [0.2, 0.25) is 0 Å². The molecule has 1 rings (SSSR count). The molecule has 0 aromatic rings. The minimum Gasteiger partial charge on any atom is -0.464 e. The van der Waals surface area contributed by atoms with Crippen molar-refractivity contribution >= 4 is 23.9 Å². The average molecular weight is 1400 g/mol. The first-order chi connectivity index (χ1) is 47.9. The third kappa shape index (κ3) is 58.8. The molecule has 572 valence electrons. The SMILES string of the molecule is CC/C=C\CCOCOCCCCCCOC(=O)C(O)CN(CCCN1CCN(CCCN(CC(O)C(=O)OCCCCCCOCOCC/C=C\CC)CC(O)C(=O)OCCCCCCOCOCC/C=C\CC)CC1)CC(O)C(=O)OCCCCCCOCOCC/C=C\CC. The first-order valence-electron chi connectivity index (χ1n) is 37.4. The van der Waals surface area contributed by atoms with Gasteiger partial charge in [0.15, 0.2) is 24.4 Å². The predicted octanol–water partition coefficient (Wildman–Crippen LogP) is 9.23. The van der Waals surface area contributed by atoms with E-state index in [0.717, 1.165) is 155 Å². The summed E-state index contributed by atoms with van der Waals surface area (Å²) < 4.78 is 65.9. The molecule has 1 aliphatic heterocycles. The van der Waals surface area contributed by atoms with E-state index in [1.807, 2.05) is 0 Å². The summed E-state index contributed by atoms with van der Waals surface area (Å²) in [6, 6.07) is 0. The second-order valence-electron chi connectivity index (χ2n) is 24.7. The van der Waals surface area contributed by atoms with Crippen molar-refractivity contribution in [2.75, 3.05) is 185 Å². The fourth-order valence-corrected chi connectivity index (χ4v) is 10.2. The van der Waals surface area contributed by atoms with Gasteiger partial charge in [0.05, 0.1) is 52.9 Å². The van der Waals surface area contributed by atoms with Crippen LogP contribution in [0.2, 0.25) is 0 Å². The molecule has 1 saturated heterocycles. The maximum atomic E-state index is 13.0. The fourth-order valence-electron chi connectivity index (χ4n) is 10.2. The molecule has 4 unspecified atom stereocenters. The number of hydrogen-bond acceptors (Lipinski definition) is 24. The smallest absolute Gasteiger partial charge is 0.336 e. The number of aliphatic hydroxyl groups is 4. The van der Waals surface area contributed by atoms with Gasteiger partial charge in [-0.15, -0.1) is 0 Å². The zero-order valence-electron chi connectivity index (χ0n) is 61.2. The summed E-state index contributed by atoms with van der Waals surface area (Å²) in [5, 5.41) is 44.2. The van der Waals surface area contributed by atoms with Crippen LogP contribution in [0.25, 0.3) is 0 Å². The van der Waals surface area contributed by atoms with E-state index in [9.17, 15) is 39.6 Å². The predicted molar refractivity (Wildman–Crippen MR) is 380 cm³/mol. The molecule has 0 bridgehead atoms. The molecule has 0 saturated carbocycles. The molecule has 0 aromatic heterocycles. The maximum Gasteiger partial charge on any atom is 0.336 e. The maximum absolute atomic E-state index is 13.0. The van der Waals surface area contributed by atoms with Crippen LogP contribution in [0.3, 0.4) is 0 Å². The number of allylic oxidation sites excluding steroid dienone is 4. The lowest BCUT2D eigenvalue weighted by Crippen LogP contribution is -2.48. The Morgan fingerprint density at radius 1 is 0.306 bits per heavy atom. The van der Waals surface area contributed by atoms with Crippen LogP contribution in [-0.4, -0.2) is 273 Å². The number of nitrogens with zero attached hydrogens (tertiary/aromatic N) is 4. The number of ether oxygens (including phenoxy) is 12. The molecule has 4 atom stereocenters. The van der Waals surface area contributed by atoms with Crippen LogP contribution in [0.4, 0.5) is 0 Å². The Morgan fingerprint density at radius 3 is 0.745 bits per heavy atom. The summed E-state index contributed by atoms with van der Waals surface area (Å²) in [6.07, 6.45) is 32.3. The summed E-state index contributed by atoms with van der Waals surface area (Å²) in [4.78, 5) is 60.2. The number of piperazine rings is 1. The summed E-state index contributed by atoms with van der Waals surface area (Å²) >= 11 is 0. The van der Waals surface area contributed by atoms with Crippen LogP contribution < -0.4 is 0 Å². The van der Waals surface area contributed by atoms with Gasteiger partial charge in [0.1, 0.15) is 27.2 Å². The van der Waals surface area contributed by atoms with E-state index in [-0.39, 0.29) is 79.8 Å². The number of aliphatic hydroxyl groups excluding tert-OH is 4. The Morgan fingerprint density at radius 2 is 0.520 bits per heavy atom. The normalized spacial score (nSPS) is 14.6. The van der Waals surface area contributed by atoms with E-state index in [0.29, 0.717) is 118 Å². The molecule has 0 radical (unpaired) electrons. The third-order valence-corrected chi connectivity index (χ3v) is 15.9. The fraction of sp³-hybridized carbons (Fsp3) is 0.838. The van der Waals surface area contributed by atoms with Crippen molar-refractivity contribution in [3.05, 3.63) is 48.6 Å². The van der Waals surface area contributed by atoms with Crippen LogP contribution in [0.5, 0.6) is 0 Å². The molecule has 1 heterocycles. The monoisotopic (exact) mass is 1400 g/mol. The molecule has 0 aliphatic carbocycles. The molecule has 1 aliphatic rings. The van der Waals surface area contributed by atoms with Crippen molar-refractivity contribution in [3.8, 4) is 0 Å². The van der Waals surface area contributed by atoms with E-state index in [1.54, 1.807) is 9.80 Å². The second kappa shape index (κ2) is 70.2. The number of unbranched alkanes of at least 4 members (excludes halogenated alkanes) is 12. The van der Waals surface area contributed by atoms with Gasteiger partial charge in [-0.2, -0.15) is 0 Å². The molecular formula is C74H136N4O20. The highest BCUT2D eigenvalue weighted by atomic mass is 16.7. The van der Waals surface area contributed by atoms with Crippen molar-refractivity contribution in [1.82, 2.24) is 19.6 Å². The molecule has 4 N–H and O–H groups in total. The van der Waals surface area contributed by atoms with E-state index in [1.165, 1.54) is 0 Å². The Hall–Kier alpha value is -3.80. The Bertz CT molecular complexity index is 1700. The molecular weight excluding hydrogens is 1260 g/mol. The van der Waals surface area contributed by atoms with Crippen LogP contribution in [0.15, 0.2) is 48.6 Å². The second-order valence-corrected chi connectivity index (χ2v) is 24.7. The molecule has 0 aromatic carbocycles. The molecule has 98 heavy (non-hydrogen) atoms. The highest BCUT2D eigenvalue weighted by molar-refractivity contribution is 5.76. The summed E-state index contributed by atoms with van der Waals surface area (Å²) in [7, 11) is 0. The zero-order chi connectivity index (χ0) is 71.3. The minimum atomic E-state index is -1.49. The largest absolute Gasteiger partial charge is 0.464 e. The Balaban J connectivity index is 2.76. The number of carbonyl (C=O) groups is 4. The summed E-state index contributed by atoms with van der Waals surface area (Å²) in [6.45, 7) is 19.5. The Kier molecular flexibility index (Phi) is 66.1. The van der Waals surface area contributed by atoms with Crippen LogP contribution in [-0.2, 0) is 76.0 Å². The van der Waals surface area contributed by atoms with Crippen molar-refractivity contribution in [2.24, 2.45) is 0 Å². The molecule has 1 fully saturated rings. The Labute approximate surface area is 590 Å². The van der Waals surface area contributed by atoms with Gasteiger partial charge in [-0.25, -0.2) is 19.2 Å².